The second kappa shape index (κ2) is 15.5. The number of nitrogens with one attached hydrogen (secondary N) is 1. The first kappa shape index (κ1) is 24.3. The fourth-order valence-electron chi connectivity index (χ4n) is 2.10. The van der Waals surface area contributed by atoms with E-state index < -0.39 is 5.54 Å². The zero-order valence-electron chi connectivity index (χ0n) is 16.3. The molecule has 0 aromatic rings. The zero-order chi connectivity index (χ0) is 19.0. The van der Waals surface area contributed by atoms with Gasteiger partial charge in [-0.3, -0.25) is 4.79 Å². The lowest BCUT2D eigenvalue weighted by Crippen LogP contribution is -2.58. The van der Waals surface area contributed by atoms with E-state index in [1.54, 1.807) is 11.8 Å². The number of carbonyl (C=O) groups is 1. The minimum Gasteiger partial charge on any atom is -0.379 e. The molecule has 0 aliphatic heterocycles. The van der Waals surface area contributed by atoms with Crippen LogP contribution in [0.1, 0.15) is 40.5 Å². The van der Waals surface area contributed by atoms with Gasteiger partial charge in [0.1, 0.15) is 12.1 Å². The van der Waals surface area contributed by atoms with Crippen LogP contribution in [0.2, 0.25) is 0 Å². The number of thioether (sulfide) groups is 1. The molecule has 0 heterocycles. The molecule has 0 saturated carbocycles. The Bertz CT molecular complexity index is 384. The second-order valence-corrected chi connectivity index (χ2v) is 7.66. The summed E-state index contributed by atoms with van der Waals surface area (Å²) in [5, 5.41) is 3.08. The van der Waals surface area contributed by atoms with Crippen LogP contribution in [0.5, 0.6) is 0 Å². The van der Waals surface area contributed by atoms with Gasteiger partial charge in [-0.2, -0.15) is 11.8 Å². The SMILES string of the molecule is C#CCOCC(COCC)(COCC(C)C)NC(=O)CCSCCC. The van der Waals surface area contributed by atoms with Crippen LogP contribution < -0.4 is 5.32 Å². The van der Waals surface area contributed by atoms with Gasteiger partial charge in [-0.15, -0.1) is 6.42 Å². The number of amides is 1. The molecule has 0 saturated heterocycles. The molecule has 6 heteroatoms. The van der Waals surface area contributed by atoms with Gasteiger partial charge in [0, 0.05) is 25.4 Å². The van der Waals surface area contributed by atoms with Crippen LogP contribution in [0.4, 0.5) is 0 Å². The highest BCUT2D eigenvalue weighted by atomic mass is 32.2. The molecule has 0 aromatic carbocycles. The number of hydrogen-bond acceptors (Lipinski definition) is 5. The van der Waals surface area contributed by atoms with Gasteiger partial charge in [-0.25, -0.2) is 0 Å². The molecule has 1 amide bonds. The molecular weight excluding hydrogens is 338 g/mol. The first-order chi connectivity index (χ1) is 12.0. The molecule has 146 valence electrons. The van der Waals surface area contributed by atoms with Crippen LogP contribution in [0, 0.1) is 18.3 Å². The van der Waals surface area contributed by atoms with E-state index in [1.807, 2.05) is 6.92 Å². The molecule has 1 N–H and O–H groups in total. The second-order valence-electron chi connectivity index (χ2n) is 6.43. The summed E-state index contributed by atoms with van der Waals surface area (Å²) in [4.78, 5) is 12.4. The summed E-state index contributed by atoms with van der Waals surface area (Å²) in [6.07, 6.45) is 6.85. The van der Waals surface area contributed by atoms with E-state index in [9.17, 15) is 4.79 Å². The predicted octanol–water partition coefficient (Wildman–Crippen LogP) is 2.73. The summed E-state index contributed by atoms with van der Waals surface area (Å²) in [6.45, 7) is 10.5. The van der Waals surface area contributed by atoms with E-state index >= 15 is 0 Å². The van der Waals surface area contributed by atoms with Crippen molar-refractivity contribution in [1.29, 1.82) is 0 Å². The van der Waals surface area contributed by atoms with Crippen LogP contribution in [-0.2, 0) is 19.0 Å². The summed E-state index contributed by atoms with van der Waals surface area (Å²) in [5.41, 5.74) is -0.714. The highest BCUT2D eigenvalue weighted by molar-refractivity contribution is 7.99. The van der Waals surface area contributed by atoms with E-state index in [0.717, 1.165) is 17.9 Å². The van der Waals surface area contributed by atoms with Crippen molar-refractivity contribution in [3.8, 4) is 12.3 Å². The standard InChI is InChI=1S/C19H35NO4S/c1-6-10-23-15-19(14-22-8-3,16-24-13-17(4)5)20-18(21)9-12-25-11-7-2/h1,17H,7-16H2,2-5H3,(H,20,21). The quantitative estimate of drug-likeness (QED) is 0.333. The van der Waals surface area contributed by atoms with Crippen molar-refractivity contribution < 1.29 is 19.0 Å². The molecule has 0 radical (unpaired) electrons. The first-order valence-electron chi connectivity index (χ1n) is 9.05. The molecule has 0 aliphatic rings. The van der Waals surface area contributed by atoms with Crippen molar-refractivity contribution in [2.24, 2.45) is 5.92 Å². The van der Waals surface area contributed by atoms with Crippen molar-refractivity contribution in [3.05, 3.63) is 0 Å². The summed E-state index contributed by atoms with van der Waals surface area (Å²) < 4.78 is 16.9. The maximum atomic E-state index is 12.4. The highest BCUT2D eigenvalue weighted by Gasteiger charge is 2.33. The number of carbonyl (C=O) groups excluding carboxylic acids is 1. The van der Waals surface area contributed by atoms with Gasteiger partial charge in [0.15, 0.2) is 0 Å². The third kappa shape index (κ3) is 13.2. The van der Waals surface area contributed by atoms with E-state index in [4.69, 9.17) is 20.6 Å². The van der Waals surface area contributed by atoms with E-state index in [-0.39, 0.29) is 19.1 Å². The van der Waals surface area contributed by atoms with Gasteiger partial charge in [0.2, 0.25) is 5.91 Å². The number of hydrogen-bond donors (Lipinski definition) is 1. The molecule has 0 aromatic heterocycles. The van der Waals surface area contributed by atoms with Crippen LogP contribution in [0.25, 0.3) is 0 Å². The maximum absolute atomic E-state index is 12.4. The van der Waals surface area contributed by atoms with Crippen LogP contribution in [0.15, 0.2) is 0 Å². The highest BCUT2D eigenvalue weighted by Crippen LogP contribution is 2.12. The molecule has 1 atom stereocenters. The molecule has 0 spiro atoms. The minimum atomic E-state index is -0.714. The van der Waals surface area contributed by atoms with Gasteiger partial charge < -0.3 is 19.5 Å². The van der Waals surface area contributed by atoms with E-state index in [0.29, 0.717) is 38.8 Å². The average Bonchev–Trinajstić information content (AvgIpc) is 2.57. The molecular formula is C19H35NO4S. The Balaban J connectivity index is 4.81. The Morgan fingerprint density at radius 1 is 1.16 bits per heavy atom. The van der Waals surface area contributed by atoms with Crippen molar-refractivity contribution in [3.63, 3.8) is 0 Å². The van der Waals surface area contributed by atoms with Crippen LogP contribution in [0.3, 0.4) is 0 Å². The Labute approximate surface area is 157 Å². The lowest BCUT2D eigenvalue weighted by molar-refractivity contribution is -0.127. The third-order valence-corrected chi connectivity index (χ3v) is 4.39. The summed E-state index contributed by atoms with van der Waals surface area (Å²) in [6, 6.07) is 0. The monoisotopic (exact) mass is 373 g/mol. The Kier molecular flexibility index (Phi) is 15.1. The third-order valence-electron chi connectivity index (χ3n) is 3.20. The number of rotatable bonds is 16. The normalized spacial score (nSPS) is 13.4. The number of terminal acetylenes is 1. The van der Waals surface area contributed by atoms with Gasteiger partial charge in [0.25, 0.3) is 0 Å². The lowest BCUT2D eigenvalue weighted by Gasteiger charge is -2.34. The predicted molar refractivity (Wildman–Crippen MR) is 105 cm³/mol. The smallest absolute Gasteiger partial charge is 0.221 e. The largest absolute Gasteiger partial charge is 0.379 e. The Morgan fingerprint density at radius 3 is 2.44 bits per heavy atom. The summed E-state index contributed by atoms with van der Waals surface area (Å²) in [5.74, 6) is 4.73. The zero-order valence-corrected chi connectivity index (χ0v) is 17.1. The molecule has 5 nitrogen and oxygen atoms in total. The fourth-order valence-corrected chi connectivity index (χ4v) is 2.92. The van der Waals surface area contributed by atoms with Crippen molar-refractivity contribution in [1.82, 2.24) is 5.32 Å². The molecule has 0 fully saturated rings. The fraction of sp³-hybridized carbons (Fsp3) is 0.842. The van der Waals surface area contributed by atoms with Crippen molar-refractivity contribution in [2.45, 2.75) is 46.1 Å². The van der Waals surface area contributed by atoms with Crippen molar-refractivity contribution >= 4 is 17.7 Å². The first-order valence-corrected chi connectivity index (χ1v) is 10.2. The van der Waals surface area contributed by atoms with Gasteiger partial charge in [-0.1, -0.05) is 26.7 Å². The topological polar surface area (TPSA) is 56.8 Å². The Hall–Kier alpha value is -0.740. The van der Waals surface area contributed by atoms with Crippen molar-refractivity contribution in [2.75, 3.05) is 51.1 Å². The summed E-state index contributed by atoms with van der Waals surface area (Å²) >= 11 is 1.79. The van der Waals surface area contributed by atoms with Gasteiger partial charge >= 0.3 is 0 Å². The molecule has 25 heavy (non-hydrogen) atoms. The van der Waals surface area contributed by atoms with E-state index in [1.165, 1.54) is 0 Å². The van der Waals surface area contributed by atoms with E-state index in [2.05, 4.69) is 32.0 Å². The Morgan fingerprint density at radius 2 is 1.84 bits per heavy atom. The molecule has 1 unspecified atom stereocenters. The minimum absolute atomic E-state index is 0.0132. The molecule has 0 aliphatic carbocycles. The molecule has 0 bridgehead atoms. The number of ether oxygens (including phenoxy) is 3. The average molecular weight is 374 g/mol. The lowest BCUT2D eigenvalue weighted by atomic mass is 10.0. The van der Waals surface area contributed by atoms with Gasteiger partial charge in [0.05, 0.1) is 19.8 Å². The van der Waals surface area contributed by atoms with Crippen LogP contribution >= 0.6 is 11.8 Å². The molecule has 0 rings (SSSR count). The van der Waals surface area contributed by atoms with Crippen LogP contribution in [-0.4, -0.2) is 62.6 Å². The summed E-state index contributed by atoms with van der Waals surface area (Å²) in [7, 11) is 0. The van der Waals surface area contributed by atoms with Gasteiger partial charge in [-0.05, 0) is 25.0 Å². The maximum Gasteiger partial charge on any atom is 0.221 e.